The number of benzene rings is 2. The quantitative estimate of drug-likeness (QED) is 0.699. The number of aryl methyl sites for hydroxylation is 3. The highest BCUT2D eigenvalue weighted by atomic mass is 32.1. The van der Waals surface area contributed by atoms with Crippen LogP contribution in [0, 0.1) is 20.8 Å². The molecule has 2 aromatic carbocycles. The Morgan fingerprint density at radius 3 is 2.52 bits per heavy atom. The van der Waals surface area contributed by atoms with Crippen molar-refractivity contribution in [1.82, 2.24) is 4.98 Å². The van der Waals surface area contributed by atoms with Crippen LogP contribution in [0.2, 0.25) is 0 Å². The zero-order valence-electron chi connectivity index (χ0n) is 13.4. The summed E-state index contributed by atoms with van der Waals surface area (Å²) >= 11 is 1.58. The zero-order chi connectivity index (χ0) is 16.4. The molecule has 0 aliphatic carbocycles. The Bertz CT molecular complexity index is 853. The number of nitrogens with one attached hydrogen (secondary N) is 1. The molecule has 0 saturated heterocycles. The van der Waals surface area contributed by atoms with Crippen LogP contribution >= 0.6 is 11.3 Å². The van der Waals surface area contributed by atoms with Crippen molar-refractivity contribution >= 4 is 39.2 Å². The summed E-state index contributed by atoms with van der Waals surface area (Å²) in [7, 11) is 0. The van der Waals surface area contributed by atoms with Crippen molar-refractivity contribution < 1.29 is 4.79 Å². The van der Waals surface area contributed by atoms with Gasteiger partial charge in [0.2, 0.25) is 5.91 Å². The third-order valence-electron chi connectivity index (χ3n) is 3.61. The van der Waals surface area contributed by atoms with Gasteiger partial charge in [-0.3, -0.25) is 4.79 Å². The number of aromatic nitrogens is 1. The molecular weight excluding hydrogens is 304 g/mol. The number of hydrogen-bond acceptors (Lipinski definition) is 3. The van der Waals surface area contributed by atoms with Gasteiger partial charge < -0.3 is 5.32 Å². The lowest BCUT2D eigenvalue weighted by Crippen LogP contribution is -2.10. The maximum absolute atomic E-state index is 12.2. The molecule has 0 spiro atoms. The predicted octanol–water partition coefficient (Wildman–Crippen LogP) is 4.87. The molecule has 0 bridgehead atoms. The second kappa shape index (κ2) is 6.34. The maximum Gasteiger partial charge on any atom is 0.248 e. The van der Waals surface area contributed by atoms with Crippen molar-refractivity contribution in [3.63, 3.8) is 0 Å². The van der Waals surface area contributed by atoms with E-state index in [2.05, 4.69) is 29.4 Å². The third-order valence-corrected chi connectivity index (χ3v) is 4.61. The summed E-state index contributed by atoms with van der Waals surface area (Å²) in [6.07, 6.45) is 3.30. The summed E-state index contributed by atoms with van der Waals surface area (Å²) in [5.74, 6) is -0.140. The molecule has 0 saturated carbocycles. The summed E-state index contributed by atoms with van der Waals surface area (Å²) in [6, 6.07) is 12.1. The fraction of sp³-hybridized carbons (Fsp3) is 0.158. The lowest BCUT2D eigenvalue weighted by atomic mass is 10.1. The van der Waals surface area contributed by atoms with Crippen LogP contribution in [0.5, 0.6) is 0 Å². The molecule has 0 aliphatic rings. The molecule has 3 rings (SSSR count). The molecule has 3 aromatic rings. The van der Waals surface area contributed by atoms with Gasteiger partial charge in [-0.15, -0.1) is 11.3 Å². The molecule has 116 valence electrons. The van der Waals surface area contributed by atoms with Crippen LogP contribution in [-0.4, -0.2) is 10.9 Å². The van der Waals surface area contributed by atoms with E-state index < -0.39 is 0 Å². The molecule has 0 fully saturated rings. The first kappa shape index (κ1) is 15.4. The highest BCUT2D eigenvalue weighted by Crippen LogP contribution is 2.23. The van der Waals surface area contributed by atoms with Gasteiger partial charge in [0.25, 0.3) is 0 Å². The van der Waals surface area contributed by atoms with Gasteiger partial charge in [-0.05, 0) is 50.1 Å². The predicted molar refractivity (Wildman–Crippen MR) is 97.9 cm³/mol. The molecule has 0 radical (unpaired) electrons. The van der Waals surface area contributed by atoms with Crippen molar-refractivity contribution in [2.75, 3.05) is 5.32 Å². The monoisotopic (exact) mass is 322 g/mol. The molecule has 4 heteroatoms. The highest BCUT2D eigenvalue weighted by Gasteiger charge is 2.06. The normalized spacial score (nSPS) is 11.3. The Hall–Kier alpha value is -2.46. The number of fused-ring (bicyclic) bond motifs is 1. The smallest absolute Gasteiger partial charge is 0.248 e. The summed E-state index contributed by atoms with van der Waals surface area (Å²) in [4.78, 5) is 16.7. The Balaban J connectivity index is 1.76. The van der Waals surface area contributed by atoms with Crippen molar-refractivity contribution in [1.29, 1.82) is 0 Å². The first-order chi connectivity index (χ1) is 11.0. The van der Waals surface area contributed by atoms with E-state index in [4.69, 9.17) is 0 Å². The second-order valence-corrected chi connectivity index (χ2v) is 6.68. The molecular formula is C19H18N2OS. The van der Waals surface area contributed by atoms with Crippen molar-refractivity contribution in [3.05, 3.63) is 64.2 Å². The van der Waals surface area contributed by atoms with Crippen LogP contribution in [-0.2, 0) is 4.79 Å². The van der Waals surface area contributed by atoms with Crippen LogP contribution in [0.15, 0.2) is 42.5 Å². The number of hydrogen-bond donors (Lipinski definition) is 1. The maximum atomic E-state index is 12.2. The lowest BCUT2D eigenvalue weighted by Gasteiger charge is -2.11. The van der Waals surface area contributed by atoms with Gasteiger partial charge >= 0.3 is 0 Å². The minimum absolute atomic E-state index is 0.140. The van der Waals surface area contributed by atoms with E-state index in [0.29, 0.717) is 0 Å². The minimum atomic E-state index is -0.140. The summed E-state index contributed by atoms with van der Waals surface area (Å²) in [6.45, 7) is 6.07. The van der Waals surface area contributed by atoms with Gasteiger partial charge in [-0.2, -0.15) is 0 Å². The highest BCUT2D eigenvalue weighted by molar-refractivity contribution is 7.19. The molecule has 1 aromatic heterocycles. The average molecular weight is 322 g/mol. The largest absolute Gasteiger partial charge is 0.322 e. The van der Waals surface area contributed by atoms with Gasteiger partial charge in [0.05, 0.1) is 10.2 Å². The molecule has 1 N–H and O–H groups in total. The zero-order valence-corrected chi connectivity index (χ0v) is 14.2. The van der Waals surface area contributed by atoms with E-state index in [1.54, 1.807) is 17.4 Å². The third kappa shape index (κ3) is 3.48. The molecule has 3 nitrogen and oxygen atoms in total. The molecule has 0 aliphatic heterocycles. The summed E-state index contributed by atoms with van der Waals surface area (Å²) in [5, 5.41) is 3.79. The van der Waals surface area contributed by atoms with Crippen LogP contribution in [0.3, 0.4) is 0 Å². The fourth-order valence-corrected chi connectivity index (χ4v) is 3.52. The Morgan fingerprint density at radius 1 is 1.13 bits per heavy atom. The first-order valence-electron chi connectivity index (χ1n) is 7.45. The number of amides is 1. The van der Waals surface area contributed by atoms with Gasteiger partial charge in [0.15, 0.2) is 0 Å². The van der Waals surface area contributed by atoms with E-state index >= 15 is 0 Å². The first-order valence-corrected chi connectivity index (χ1v) is 8.27. The van der Waals surface area contributed by atoms with Crippen molar-refractivity contribution in [2.45, 2.75) is 20.8 Å². The van der Waals surface area contributed by atoms with Gasteiger partial charge in [-0.1, -0.05) is 29.8 Å². The van der Waals surface area contributed by atoms with Crippen LogP contribution in [0.25, 0.3) is 16.3 Å². The van der Waals surface area contributed by atoms with Crippen LogP contribution < -0.4 is 5.32 Å². The number of carbonyl (C=O) groups excluding carboxylic acids is 1. The summed E-state index contributed by atoms with van der Waals surface area (Å²) < 4.78 is 1.12. The Labute approximate surface area is 139 Å². The van der Waals surface area contributed by atoms with Gasteiger partial charge in [-0.25, -0.2) is 4.98 Å². The number of nitrogens with zero attached hydrogens (tertiary/aromatic N) is 1. The van der Waals surface area contributed by atoms with Gasteiger partial charge in [0, 0.05) is 11.8 Å². The van der Waals surface area contributed by atoms with Crippen LogP contribution in [0.1, 0.15) is 21.7 Å². The fourth-order valence-electron chi connectivity index (χ4n) is 2.65. The Morgan fingerprint density at radius 2 is 1.83 bits per heavy atom. The van der Waals surface area contributed by atoms with E-state index in [1.165, 1.54) is 11.6 Å². The van der Waals surface area contributed by atoms with E-state index in [1.807, 2.05) is 38.1 Å². The number of carbonyl (C=O) groups is 1. The lowest BCUT2D eigenvalue weighted by molar-refractivity contribution is -0.111. The molecule has 0 atom stereocenters. The topological polar surface area (TPSA) is 42.0 Å². The number of rotatable bonds is 3. The van der Waals surface area contributed by atoms with Gasteiger partial charge in [0.1, 0.15) is 5.01 Å². The standard InChI is InChI=1S/C19H18N2OS/c1-12-10-13(2)19(14(3)11-12)21-17(22)8-9-18-20-15-6-4-5-7-16(15)23-18/h4-11H,1-3H3,(H,21,22)/b9-8+. The Kier molecular flexibility index (Phi) is 4.26. The molecule has 23 heavy (non-hydrogen) atoms. The number of para-hydroxylation sites is 1. The molecule has 1 amide bonds. The SMILES string of the molecule is Cc1cc(C)c(NC(=O)/C=C/c2nc3ccccc3s2)c(C)c1. The number of anilines is 1. The minimum Gasteiger partial charge on any atom is -0.322 e. The average Bonchev–Trinajstić information content (AvgIpc) is 2.91. The van der Waals surface area contributed by atoms with Crippen molar-refractivity contribution in [2.24, 2.45) is 0 Å². The molecule has 0 unspecified atom stereocenters. The number of thiazole rings is 1. The van der Waals surface area contributed by atoms with Crippen LogP contribution in [0.4, 0.5) is 5.69 Å². The van der Waals surface area contributed by atoms with E-state index in [0.717, 1.165) is 32.0 Å². The van der Waals surface area contributed by atoms with Crippen molar-refractivity contribution in [3.8, 4) is 0 Å². The summed E-state index contributed by atoms with van der Waals surface area (Å²) in [5.41, 5.74) is 5.19. The molecule has 1 heterocycles. The second-order valence-electron chi connectivity index (χ2n) is 5.62. The van der Waals surface area contributed by atoms with E-state index in [-0.39, 0.29) is 5.91 Å². The van der Waals surface area contributed by atoms with E-state index in [9.17, 15) is 4.79 Å².